The molecule has 1 atom stereocenters. The first kappa shape index (κ1) is 15.8. The molecule has 0 saturated carbocycles. The molecule has 0 aromatic carbocycles. The van der Waals surface area contributed by atoms with Crippen molar-refractivity contribution in [2.75, 3.05) is 18.8 Å². The highest BCUT2D eigenvalue weighted by molar-refractivity contribution is 6.00. The second-order valence-corrected chi connectivity index (χ2v) is 6.55. The molecule has 1 unspecified atom stereocenters. The van der Waals surface area contributed by atoms with Crippen molar-refractivity contribution in [1.82, 2.24) is 29.7 Å². The molecule has 1 aliphatic rings. The van der Waals surface area contributed by atoms with Crippen LogP contribution in [0.1, 0.15) is 41.7 Å². The van der Waals surface area contributed by atoms with E-state index in [1.807, 2.05) is 13.2 Å². The Morgan fingerprint density at radius 3 is 2.84 bits per heavy atom. The highest BCUT2D eigenvalue weighted by atomic mass is 16.1. The minimum atomic E-state index is -0.0779. The van der Waals surface area contributed by atoms with Gasteiger partial charge in [0.25, 0.3) is 0 Å². The van der Waals surface area contributed by atoms with Crippen molar-refractivity contribution in [3.8, 4) is 11.1 Å². The van der Waals surface area contributed by atoms with E-state index in [-0.39, 0.29) is 11.7 Å². The number of nitrogens with zero attached hydrogens (tertiary/aromatic N) is 5. The van der Waals surface area contributed by atoms with E-state index in [1.165, 1.54) is 6.92 Å². The zero-order valence-electron chi connectivity index (χ0n) is 14.4. The number of Topliss-reactive ketones (excluding diaryl/α,β-unsaturated/α-hetero) is 1. The van der Waals surface area contributed by atoms with Gasteiger partial charge in [0.05, 0.1) is 23.7 Å². The van der Waals surface area contributed by atoms with Crippen LogP contribution in [0.2, 0.25) is 0 Å². The van der Waals surface area contributed by atoms with Gasteiger partial charge in [-0.1, -0.05) is 0 Å². The van der Waals surface area contributed by atoms with Crippen LogP contribution in [-0.4, -0.2) is 43.3 Å². The number of hydrogen-bond acceptors (Lipinski definition) is 6. The van der Waals surface area contributed by atoms with Gasteiger partial charge in [0.2, 0.25) is 0 Å². The Kier molecular flexibility index (Phi) is 3.76. The number of piperidine rings is 1. The van der Waals surface area contributed by atoms with Crippen molar-refractivity contribution in [3.63, 3.8) is 0 Å². The fourth-order valence-electron chi connectivity index (χ4n) is 3.54. The second kappa shape index (κ2) is 5.96. The predicted molar refractivity (Wildman–Crippen MR) is 94.5 cm³/mol. The van der Waals surface area contributed by atoms with E-state index in [1.54, 1.807) is 21.6 Å². The van der Waals surface area contributed by atoms with Gasteiger partial charge in [-0.15, -0.1) is 0 Å². The molecule has 25 heavy (non-hydrogen) atoms. The molecule has 1 fully saturated rings. The van der Waals surface area contributed by atoms with Gasteiger partial charge in [-0.3, -0.25) is 9.48 Å². The summed E-state index contributed by atoms with van der Waals surface area (Å²) in [6.07, 6.45) is 7.46. The quantitative estimate of drug-likeness (QED) is 0.699. The summed E-state index contributed by atoms with van der Waals surface area (Å²) >= 11 is 0. The largest absolute Gasteiger partial charge is 0.383 e. The van der Waals surface area contributed by atoms with E-state index >= 15 is 0 Å². The van der Waals surface area contributed by atoms with Crippen LogP contribution in [0.4, 0.5) is 5.82 Å². The molecule has 3 aromatic heterocycles. The van der Waals surface area contributed by atoms with Gasteiger partial charge in [-0.05, 0) is 26.3 Å². The number of anilines is 1. The van der Waals surface area contributed by atoms with E-state index in [9.17, 15) is 4.79 Å². The number of nitrogens with one attached hydrogen (secondary N) is 1. The Morgan fingerprint density at radius 1 is 1.36 bits per heavy atom. The predicted octanol–water partition coefficient (Wildman–Crippen LogP) is 1.38. The third-order valence-electron chi connectivity index (χ3n) is 4.76. The van der Waals surface area contributed by atoms with Gasteiger partial charge in [0.1, 0.15) is 5.82 Å². The molecule has 0 amide bonds. The van der Waals surface area contributed by atoms with Crippen molar-refractivity contribution in [1.29, 1.82) is 0 Å². The topological polar surface area (TPSA) is 103 Å². The van der Waals surface area contributed by atoms with Crippen molar-refractivity contribution in [3.05, 3.63) is 29.8 Å². The number of aromatic nitrogens is 5. The second-order valence-electron chi connectivity index (χ2n) is 6.55. The van der Waals surface area contributed by atoms with Crippen LogP contribution in [0.15, 0.2) is 18.6 Å². The molecule has 4 rings (SSSR count). The van der Waals surface area contributed by atoms with E-state index in [0.717, 1.165) is 42.8 Å². The van der Waals surface area contributed by atoms with Crippen LogP contribution in [0.25, 0.3) is 16.8 Å². The number of carbonyl (C=O) groups is 1. The summed E-state index contributed by atoms with van der Waals surface area (Å²) in [6.45, 7) is 3.33. The standard InChI is InChI=1S/C17H21N7O/c1-10(25)14-15(11-4-3-5-19-6-11)22-17-13(8-21-24(17)16(14)18)12-7-20-23(2)9-12/h7-9,11,19H,3-6,18H2,1-2H3. The van der Waals surface area contributed by atoms with Gasteiger partial charge in [0.15, 0.2) is 11.4 Å². The monoisotopic (exact) mass is 339 g/mol. The lowest BCUT2D eigenvalue weighted by atomic mass is 9.91. The van der Waals surface area contributed by atoms with Crippen LogP contribution < -0.4 is 11.1 Å². The first-order chi connectivity index (χ1) is 12.1. The molecule has 1 aliphatic heterocycles. The van der Waals surface area contributed by atoms with Crippen LogP contribution >= 0.6 is 0 Å². The number of nitrogen functional groups attached to an aromatic ring is 1. The molecule has 3 N–H and O–H groups in total. The first-order valence-corrected chi connectivity index (χ1v) is 8.44. The van der Waals surface area contributed by atoms with Crippen molar-refractivity contribution < 1.29 is 4.79 Å². The minimum absolute atomic E-state index is 0.0779. The Balaban J connectivity index is 1.95. The third kappa shape index (κ3) is 2.58. The zero-order valence-corrected chi connectivity index (χ0v) is 14.4. The van der Waals surface area contributed by atoms with Gasteiger partial charge in [-0.25, -0.2) is 4.98 Å². The van der Waals surface area contributed by atoms with Crippen LogP contribution in [0, 0.1) is 0 Å². The number of hydrogen-bond donors (Lipinski definition) is 2. The molecular weight excluding hydrogens is 318 g/mol. The maximum atomic E-state index is 12.3. The Hall–Kier alpha value is -2.74. The van der Waals surface area contributed by atoms with Gasteiger partial charge >= 0.3 is 0 Å². The normalized spacial score (nSPS) is 17.9. The van der Waals surface area contributed by atoms with Crippen molar-refractivity contribution >= 4 is 17.2 Å². The first-order valence-electron chi connectivity index (χ1n) is 8.44. The molecule has 0 bridgehead atoms. The summed E-state index contributed by atoms with van der Waals surface area (Å²) in [6, 6.07) is 0. The molecular formula is C17H21N7O. The highest BCUT2D eigenvalue weighted by Gasteiger charge is 2.26. The average Bonchev–Trinajstić information content (AvgIpc) is 3.21. The van der Waals surface area contributed by atoms with E-state index in [0.29, 0.717) is 17.0 Å². The fourth-order valence-corrected chi connectivity index (χ4v) is 3.54. The number of carbonyl (C=O) groups excluding carboxylic acids is 1. The van der Waals surface area contributed by atoms with Gasteiger partial charge in [0, 0.05) is 36.8 Å². The SMILES string of the molecule is CC(=O)c1c(C2CCCNC2)nc2c(-c3cnn(C)c3)cnn2c1N. The summed E-state index contributed by atoms with van der Waals surface area (Å²) in [5, 5.41) is 12.0. The Bertz CT molecular complexity index is 949. The molecule has 8 nitrogen and oxygen atoms in total. The number of nitrogens with two attached hydrogens (primary N) is 1. The maximum Gasteiger partial charge on any atom is 0.165 e. The number of aryl methyl sites for hydroxylation is 1. The Morgan fingerprint density at radius 2 is 2.20 bits per heavy atom. The lowest BCUT2D eigenvalue weighted by Crippen LogP contribution is -2.30. The summed E-state index contributed by atoms with van der Waals surface area (Å²) < 4.78 is 3.29. The van der Waals surface area contributed by atoms with E-state index < -0.39 is 0 Å². The third-order valence-corrected chi connectivity index (χ3v) is 4.76. The van der Waals surface area contributed by atoms with E-state index in [4.69, 9.17) is 10.7 Å². The molecule has 0 spiro atoms. The number of ketones is 1. The molecule has 130 valence electrons. The molecule has 0 radical (unpaired) electrons. The summed E-state index contributed by atoms with van der Waals surface area (Å²) in [7, 11) is 1.87. The summed E-state index contributed by atoms with van der Waals surface area (Å²) in [5.74, 6) is 0.454. The smallest absolute Gasteiger partial charge is 0.165 e. The zero-order chi connectivity index (χ0) is 17.6. The molecule has 4 heterocycles. The van der Waals surface area contributed by atoms with Crippen LogP contribution in [0.3, 0.4) is 0 Å². The Labute approximate surface area is 145 Å². The van der Waals surface area contributed by atoms with Crippen molar-refractivity contribution in [2.24, 2.45) is 7.05 Å². The summed E-state index contributed by atoms with van der Waals surface area (Å²) in [5.41, 5.74) is 10.0. The minimum Gasteiger partial charge on any atom is -0.383 e. The lowest BCUT2D eigenvalue weighted by molar-refractivity contribution is 0.101. The van der Waals surface area contributed by atoms with E-state index in [2.05, 4.69) is 15.5 Å². The van der Waals surface area contributed by atoms with Crippen LogP contribution in [0.5, 0.6) is 0 Å². The highest BCUT2D eigenvalue weighted by Crippen LogP contribution is 2.32. The fraction of sp³-hybridized carbons (Fsp3) is 0.412. The maximum absolute atomic E-state index is 12.3. The lowest BCUT2D eigenvalue weighted by Gasteiger charge is -2.24. The van der Waals surface area contributed by atoms with Crippen molar-refractivity contribution in [2.45, 2.75) is 25.7 Å². The molecule has 1 saturated heterocycles. The molecule has 8 heteroatoms. The van der Waals surface area contributed by atoms with Gasteiger partial charge < -0.3 is 11.1 Å². The molecule has 3 aromatic rings. The molecule has 0 aliphatic carbocycles. The number of fused-ring (bicyclic) bond motifs is 1. The van der Waals surface area contributed by atoms with Gasteiger partial charge in [-0.2, -0.15) is 14.7 Å². The van der Waals surface area contributed by atoms with Crippen LogP contribution in [-0.2, 0) is 7.05 Å². The number of rotatable bonds is 3. The average molecular weight is 339 g/mol. The summed E-state index contributed by atoms with van der Waals surface area (Å²) in [4.78, 5) is 17.1.